The Kier molecular flexibility index (Phi) is 6.52. The van der Waals surface area contributed by atoms with E-state index in [1.54, 1.807) is 0 Å². The number of rotatable bonds is 6. The molecule has 2 aliphatic carbocycles. The van der Waals surface area contributed by atoms with Crippen LogP contribution in [0.25, 0.3) is 0 Å². The highest BCUT2D eigenvalue weighted by atomic mass is 16.2. The summed E-state index contributed by atoms with van der Waals surface area (Å²) in [6.45, 7) is 2.96. The summed E-state index contributed by atoms with van der Waals surface area (Å²) in [5.74, 6) is 1.11. The first-order valence-electron chi connectivity index (χ1n) is 10.00. The Morgan fingerprint density at radius 2 is 1.67 bits per heavy atom. The zero-order valence-electron chi connectivity index (χ0n) is 14.9. The van der Waals surface area contributed by atoms with Gasteiger partial charge in [0.05, 0.1) is 12.5 Å². The summed E-state index contributed by atoms with van der Waals surface area (Å²) in [4.78, 5) is 26.8. The Morgan fingerprint density at radius 3 is 2.38 bits per heavy atom. The predicted octanol–water partition coefficient (Wildman–Crippen LogP) is 2.06. The summed E-state index contributed by atoms with van der Waals surface area (Å²) >= 11 is 0. The number of nitrogens with one attached hydrogen (secondary N) is 2. The topological polar surface area (TPSA) is 61.4 Å². The highest BCUT2D eigenvalue weighted by molar-refractivity contribution is 5.80. The fourth-order valence-electron chi connectivity index (χ4n) is 4.02. The van der Waals surface area contributed by atoms with Gasteiger partial charge in [0.25, 0.3) is 0 Å². The Hall–Kier alpha value is -1.10. The van der Waals surface area contributed by atoms with Crippen molar-refractivity contribution in [2.75, 3.05) is 26.2 Å². The zero-order valence-corrected chi connectivity index (χ0v) is 14.9. The van der Waals surface area contributed by atoms with Gasteiger partial charge in [0.15, 0.2) is 0 Å². The molecular weight excluding hydrogens is 302 g/mol. The van der Waals surface area contributed by atoms with Gasteiger partial charge in [0, 0.05) is 19.1 Å². The largest absolute Gasteiger partial charge is 0.356 e. The molecule has 0 bridgehead atoms. The van der Waals surface area contributed by atoms with Gasteiger partial charge < -0.3 is 10.6 Å². The molecule has 2 N–H and O–H groups in total. The van der Waals surface area contributed by atoms with Crippen LogP contribution < -0.4 is 10.6 Å². The third kappa shape index (κ3) is 5.76. The van der Waals surface area contributed by atoms with Crippen LogP contribution in [0.4, 0.5) is 0 Å². The molecule has 136 valence electrons. The fourth-order valence-corrected chi connectivity index (χ4v) is 4.02. The third-order valence-corrected chi connectivity index (χ3v) is 5.73. The smallest absolute Gasteiger partial charge is 0.234 e. The second-order valence-corrected chi connectivity index (χ2v) is 8.02. The molecule has 0 spiro atoms. The number of likely N-dealkylation sites (tertiary alicyclic amines) is 1. The fraction of sp³-hybridized carbons (Fsp3) is 0.895. The van der Waals surface area contributed by atoms with E-state index in [9.17, 15) is 9.59 Å². The molecule has 3 rings (SSSR count). The van der Waals surface area contributed by atoms with E-state index in [1.807, 2.05) is 0 Å². The average Bonchev–Trinajstić information content (AvgIpc) is 3.40. The molecule has 1 saturated heterocycles. The Labute approximate surface area is 145 Å². The lowest BCUT2D eigenvalue weighted by Gasteiger charge is -2.32. The van der Waals surface area contributed by atoms with Crippen LogP contribution >= 0.6 is 0 Å². The number of carbonyl (C=O) groups is 2. The van der Waals surface area contributed by atoms with Gasteiger partial charge in [0.1, 0.15) is 0 Å². The van der Waals surface area contributed by atoms with E-state index in [0.717, 1.165) is 51.2 Å². The molecule has 0 aromatic heterocycles. The molecule has 24 heavy (non-hydrogen) atoms. The molecule has 0 radical (unpaired) electrons. The van der Waals surface area contributed by atoms with Gasteiger partial charge in [-0.2, -0.15) is 0 Å². The molecule has 0 aromatic carbocycles. The Balaban J connectivity index is 1.38. The van der Waals surface area contributed by atoms with Crippen molar-refractivity contribution in [3.63, 3.8) is 0 Å². The predicted molar refractivity (Wildman–Crippen MR) is 94.5 cm³/mol. The summed E-state index contributed by atoms with van der Waals surface area (Å²) in [5.41, 5.74) is 0. The van der Waals surface area contributed by atoms with Crippen molar-refractivity contribution in [3.8, 4) is 0 Å². The van der Waals surface area contributed by atoms with Crippen LogP contribution in [0.3, 0.4) is 0 Å². The van der Waals surface area contributed by atoms with Crippen molar-refractivity contribution >= 4 is 11.8 Å². The van der Waals surface area contributed by atoms with E-state index in [4.69, 9.17) is 0 Å². The normalized spacial score (nSPS) is 26.6. The second kappa shape index (κ2) is 8.84. The van der Waals surface area contributed by atoms with Gasteiger partial charge in [0.2, 0.25) is 11.8 Å². The van der Waals surface area contributed by atoms with E-state index in [0.29, 0.717) is 12.6 Å². The van der Waals surface area contributed by atoms with Crippen molar-refractivity contribution in [2.24, 2.45) is 11.8 Å². The zero-order chi connectivity index (χ0) is 16.8. The maximum absolute atomic E-state index is 12.3. The first-order chi connectivity index (χ1) is 11.7. The summed E-state index contributed by atoms with van der Waals surface area (Å²) in [6, 6.07) is 0.363. The molecule has 2 amide bonds. The standard InChI is InChI=1S/C19H33N3O2/c23-18(21-17-7-3-1-2-4-8-17)14-22-11-5-6-16(13-22)19(24)20-12-15-9-10-15/h15-17H,1-14H2,(H,20,24)(H,21,23)/t16-/m1/s1. The first kappa shape index (κ1) is 17.7. The van der Waals surface area contributed by atoms with Crippen molar-refractivity contribution < 1.29 is 9.59 Å². The number of carbonyl (C=O) groups excluding carboxylic acids is 2. The number of nitrogens with zero attached hydrogens (tertiary/aromatic N) is 1. The lowest BCUT2D eigenvalue weighted by molar-refractivity contribution is -0.129. The molecular formula is C19H33N3O2. The van der Waals surface area contributed by atoms with Crippen LogP contribution in [0.15, 0.2) is 0 Å². The number of hydrogen-bond acceptors (Lipinski definition) is 3. The SMILES string of the molecule is O=C(CN1CCC[C@@H](C(=O)NCC2CC2)C1)NC1CCCCCC1. The monoisotopic (exact) mass is 335 g/mol. The molecule has 1 aliphatic heterocycles. The lowest BCUT2D eigenvalue weighted by Crippen LogP contribution is -2.48. The molecule has 5 heteroatoms. The van der Waals surface area contributed by atoms with Gasteiger partial charge in [-0.1, -0.05) is 25.7 Å². The maximum Gasteiger partial charge on any atom is 0.234 e. The van der Waals surface area contributed by atoms with Crippen LogP contribution in [0, 0.1) is 11.8 Å². The highest BCUT2D eigenvalue weighted by Gasteiger charge is 2.29. The van der Waals surface area contributed by atoms with Crippen LogP contribution in [0.5, 0.6) is 0 Å². The molecule has 3 aliphatic rings. The maximum atomic E-state index is 12.3. The van der Waals surface area contributed by atoms with E-state index >= 15 is 0 Å². The second-order valence-electron chi connectivity index (χ2n) is 8.02. The van der Waals surface area contributed by atoms with Crippen LogP contribution in [-0.4, -0.2) is 48.9 Å². The quantitative estimate of drug-likeness (QED) is 0.731. The number of piperidine rings is 1. The van der Waals surface area contributed by atoms with Gasteiger partial charge >= 0.3 is 0 Å². The van der Waals surface area contributed by atoms with Gasteiger partial charge in [-0.15, -0.1) is 0 Å². The van der Waals surface area contributed by atoms with E-state index in [-0.39, 0.29) is 17.7 Å². The van der Waals surface area contributed by atoms with E-state index in [2.05, 4.69) is 15.5 Å². The van der Waals surface area contributed by atoms with E-state index in [1.165, 1.54) is 38.5 Å². The molecule has 0 aromatic rings. The lowest BCUT2D eigenvalue weighted by atomic mass is 9.97. The van der Waals surface area contributed by atoms with Crippen molar-refractivity contribution in [1.29, 1.82) is 0 Å². The van der Waals surface area contributed by atoms with E-state index < -0.39 is 0 Å². The highest BCUT2D eigenvalue weighted by Crippen LogP contribution is 2.28. The van der Waals surface area contributed by atoms with Gasteiger partial charge in [-0.25, -0.2) is 0 Å². The number of amides is 2. The molecule has 1 atom stereocenters. The minimum Gasteiger partial charge on any atom is -0.356 e. The average molecular weight is 335 g/mol. The summed E-state index contributed by atoms with van der Waals surface area (Å²) in [7, 11) is 0. The summed E-state index contributed by atoms with van der Waals surface area (Å²) < 4.78 is 0. The molecule has 1 heterocycles. The van der Waals surface area contributed by atoms with Crippen molar-refractivity contribution in [2.45, 2.75) is 70.3 Å². The molecule has 5 nitrogen and oxygen atoms in total. The van der Waals surface area contributed by atoms with Gasteiger partial charge in [-0.3, -0.25) is 14.5 Å². The third-order valence-electron chi connectivity index (χ3n) is 5.73. The summed E-state index contributed by atoms with van der Waals surface area (Å²) in [5, 5.41) is 6.31. The summed E-state index contributed by atoms with van der Waals surface area (Å²) in [6.07, 6.45) is 11.8. The molecule has 0 unspecified atom stereocenters. The van der Waals surface area contributed by atoms with Gasteiger partial charge in [-0.05, 0) is 51.0 Å². The van der Waals surface area contributed by atoms with Crippen molar-refractivity contribution in [3.05, 3.63) is 0 Å². The van der Waals surface area contributed by atoms with Crippen LogP contribution in [0.1, 0.15) is 64.2 Å². The van der Waals surface area contributed by atoms with Crippen LogP contribution in [0.2, 0.25) is 0 Å². The Morgan fingerprint density at radius 1 is 0.917 bits per heavy atom. The van der Waals surface area contributed by atoms with Crippen molar-refractivity contribution in [1.82, 2.24) is 15.5 Å². The first-order valence-corrected chi connectivity index (χ1v) is 10.00. The molecule has 2 saturated carbocycles. The minimum atomic E-state index is 0.0585. The number of hydrogen-bond donors (Lipinski definition) is 2. The Bertz CT molecular complexity index is 428. The molecule has 3 fully saturated rings. The van der Waals surface area contributed by atoms with Crippen LogP contribution in [-0.2, 0) is 9.59 Å². The minimum absolute atomic E-state index is 0.0585.